The van der Waals surface area contributed by atoms with Crippen LogP contribution in [-0.4, -0.2) is 57.3 Å². The minimum absolute atomic E-state index is 0.106. The highest BCUT2D eigenvalue weighted by atomic mass is 19.4. The number of halogens is 5. The Morgan fingerprint density at radius 3 is 2.59 bits per heavy atom. The van der Waals surface area contributed by atoms with Gasteiger partial charge in [-0.3, -0.25) is 0 Å². The van der Waals surface area contributed by atoms with Crippen molar-refractivity contribution in [3.8, 4) is 0 Å². The molecule has 32 heavy (non-hydrogen) atoms. The molecule has 0 saturated carbocycles. The molecule has 1 spiro atoms. The van der Waals surface area contributed by atoms with Crippen molar-refractivity contribution in [1.29, 1.82) is 0 Å². The zero-order valence-corrected chi connectivity index (χ0v) is 16.9. The predicted octanol–water partition coefficient (Wildman–Crippen LogP) is 3.61. The molecular weight excluding hydrogens is 433 g/mol. The topological polar surface area (TPSA) is 63.0 Å². The fraction of sp³-hybridized carbons (Fsp3) is 0.500. The van der Waals surface area contributed by atoms with Crippen molar-refractivity contribution in [3.05, 3.63) is 36.4 Å². The third-order valence-electron chi connectivity index (χ3n) is 6.08. The van der Waals surface area contributed by atoms with Gasteiger partial charge in [0.05, 0.1) is 18.1 Å². The van der Waals surface area contributed by atoms with E-state index in [1.807, 2.05) is 4.90 Å². The smallest absolute Gasteiger partial charge is 0.369 e. The minimum Gasteiger partial charge on any atom is -0.369 e. The molecule has 5 heterocycles. The molecule has 170 valence electrons. The summed E-state index contributed by atoms with van der Waals surface area (Å²) in [7, 11) is 0. The lowest BCUT2D eigenvalue weighted by atomic mass is 9.73. The molecule has 2 saturated heterocycles. The van der Waals surface area contributed by atoms with Crippen LogP contribution in [0.1, 0.15) is 18.5 Å². The first-order valence-electron chi connectivity index (χ1n) is 10.2. The molecular formula is C20H20F5N7. The van der Waals surface area contributed by atoms with Gasteiger partial charge in [0.25, 0.3) is 6.43 Å². The first kappa shape index (κ1) is 20.8. The largest absolute Gasteiger partial charge is 0.435 e. The molecule has 0 aromatic carbocycles. The minimum atomic E-state index is -4.51. The van der Waals surface area contributed by atoms with Crippen molar-refractivity contribution in [2.75, 3.05) is 36.0 Å². The Labute approximate surface area is 179 Å². The van der Waals surface area contributed by atoms with Crippen molar-refractivity contribution >= 4 is 22.7 Å². The molecule has 0 N–H and O–H groups in total. The molecule has 12 heteroatoms. The van der Waals surface area contributed by atoms with Crippen LogP contribution in [0.15, 0.2) is 30.7 Å². The maximum atomic E-state index is 13.4. The predicted molar refractivity (Wildman–Crippen MR) is 107 cm³/mol. The van der Waals surface area contributed by atoms with Gasteiger partial charge >= 0.3 is 6.18 Å². The second-order valence-electron chi connectivity index (χ2n) is 8.40. The molecule has 5 rings (SSSR count). The summed E-state index contributed by atoms with van der Waals surface area (Å²) in [5, 5.41) is 3.92. The van der Waals surface area contributed by atoms with E-state index in [1.165, 1.54) is 18.3 Å². The van der Waals surface area contributed by atoms with Gasteiger partial charge in [-0.25, -0.2) is 28.4 Å². The number of pyridine rings is 1. The van der Waals surface area contributed by atoms with Crippen molar-refractivity contribution in [3.63, 3.8) is 0 Å². The van der Waals surface area contributed by atoms with E-state index in [-0.39, 0.29) is 11.1 Å². The van der Waals surface area contributed by atoms with E-state index >= 15 is 0 Å². The number of piperidine rings is 1. The number of hydrogen-bond acceptors (Lipinski definition) is 6. The van der Waals surface area contributed by atoms with E-state index in [0.29, 0.717) is 43.2 Å². The molecule has 0 bridgehead atoms. The Kier molecular flexibility index (Phi) is 4.90. The second kappa shape index (κ2) is 7.52. The van der Waals surface area contributed by atoms with Crippen molar-refractivity contribution in [1.82, 2.24) is 24.7 Å². The Hall–Kier alpha value is -3.05. The van der Waals surface area contributed by atoms with Crippen molar-refractivity contribution in [2.45, 2.75) is 32.0 Å². The fourth-order valence-corrected chi connectivity index (χ4v) is 4.72. The average molecular weight is 453 g/mol. The van der Waals surface area contributed by atoms with E-state index in [2.05, 4.69) is 20.1 Å². The molecule has 0 atom stereocenters. The summed E-state index contributed by atoms with van der Waals surface area (Å²) in [4.78, 5) is 16.1. The first-order chi connectivity index (χ1) is 15.2. The van der Waals surface area contributed by atoms with Crippen LogP contribution in [-0.2, 0) is 12.7 Å². The first-order valence-corrected chi connectivity index (χ1v) is 10.2. The molecule has 7 nitrogen and oxygen atoms in total. The normalized spacial score (nSPS) is 18.6. The zero-order chi connectivity index (χ0) is 22.5. The summed E-state index contributed by atoms with van der Waals surface area (Å²) < 4.78 is 67.0. The average Bonchev–Trinajstić information content (AvgIpc) is 3.13. The number of alkyl halides is 5. The van der Waals surface area contributed by atoms with Gasteiger partial charge < -0.3 is 9.80 Å². The summed E-state index contributed by atoms with van der Waals surface area (Å²) in [6.45, 7) is 1.67. The Balaban J connectivity index is 1.34. The van der Waals surface area contributed by atoms with E-state index in [0.717, 1.165) is 23.7 Å². The lowest BCUT2D eigenvalue weighted by Crippen LogP contribution is -2.63. The number of fused-ring (bicyclic) bond motifs is 1. The summed E-state index contributed by atoms with van der Waals surface area (Å²) in [5.74, 6) is 0.550. The molecule has 2 fully saturated rings. The van der Waals surface area contributed by atoms with Gasteiger partial charge in [0.1, 0.15) is 17.9 Å². The molecule has 0 amide bonds. The highest BCUT2D eigenvalue weighted by Crippen LogP contribution is 2.44. The van der Waals surface area contributed by atoms with E-state index < -0.39 is 24.8 Å². The third kappa shape index (κ3) is 3.71. The van der Waals surface area contributed by atoms with Gasteiger partial charge in [0.15, 0.2) is 11.3 Å². The van der Waals surface area contributed by atoms with E-state index in [1.54, 1.807) is 11.1 Å². The molecule has 0 aliphatic carbocycles. The maximum Gasteiger partial charge on any atom is 0.435 e. The number of rotatable bonds is 4. The number of nitrogens with zero attached hydrogens (tertiary/aromatic N) is 7. The molecule has 3 aromatic rings. The van der Waals surface area contributed by atoms with Crippen LogP contribution in [0.25, 0.3) is 11.2 Å². The summed E-state index contributed by atoms with van der Waals surface area (Å²) in [6.07, 6.45) is -1.28. The van der Waals surface area contributed by atoms with Crippen LogP contribution in [0, 0.1) is 5.41 Å². The van der Waals surface area contributed by atoms with E-state index in [4.69, 9.17) is 0 Å². The lowest BCUT2D eigenvalue weighted by Gasteiger charge is -2.55. The Morgan fingerprint density at radius 2 is 1.84 bits per heavy atom. The fourth-order valence-electron chi connectivity index (χ4n) is 4.72. The van der Waals surface area contributed by atoms with Gasteiger partial charge in [-0.2, -0.15) is 18.3 Å². The van der Waals surface area contributed by atoms with Gasteiger partial charge in [-0.15, -0.1) is 0 Å². The summed E-state index contributed by atoms with van der Waals surface area (Å²) in [5.41, 5.74) is -0.202. The van der Waals surface area contributed by atoms with Gasteiger partial charge in [0.2, 0.25) is 0 Å². The third-order valence-corrected chi connectivity index (χ3v) is 6.08. The molecule has 0 radical (unpaired) electrons. The Bertz CT molecular complexity index is 1120. The standard InChI is InChI=1S/C20H20F5N7/c21-15(22)9-32-18-13(7-28-32)27-8-16(29-18)31-11-19(12-31)4-2-6-30(10-19)14-3-1-5-26-17(14)20(23,24)25/h1,3,5,7-8,15H,2,4,6,9-12H2. The van der Waals surface area contributed by atoms with Crippen molar-refractivity contribution < 1.29 is 22.0 Å². The van der Waals surface area contributed by atoms with Crippen LogP contribution < -0.4 is 9.80 Å². The highest BCUT2D eigenvalue weighted by Gasteiger charge is 2.47. The number of aromatic nitrogens is 5. The monoisotopic (exact) mass is 453 g/mol. The summed E-state index contributed by atoms with van der Waals surface area (Å²) >= 11 is 0. The SMILES string of the molecule is FC(F)Cn1ncc2ncc(N3CC4(CCCN(c5cccnc5C(F)(F)F)C4)C3)nc21. The van der Waals surface area contributed by atoms with Crippen LogP contribution in [0.4, 0.5) is 33.5 Å². The second-order valence-corrected chi connectivity index (χ2v) is 8.40. The molecule has 2 aliphatic heterocycles. The van der Waals surface area contributed by atoms with E-state index in [9.17, 15) is 22.0 Å². The Morgan fingerprint density at radius 1 is 1.06 bits per heavy atom. The van der Waals surface area contributed by atoms with Crippen molar-refractivity contribution in [2.24, 2.45) is 5.41 Å². The lowest BCUT2D eigenvalue weighted by molar-refractivity contribution is -0.140. The molecule has 2 aliphatic rings. The molecule has 0 unspecified atom stereocenters. The van der Waals surface area contributed by atoms with Gasteiger partial charge in [-0.05, 0) is 25.0 Å². The van der Waals surface area contributed by atoms with Gasteiger partial charge in [-0.1, -0.05) is 0 Å². The zero-order valence-electron chi connectivity index (χ0n) is 16.9. The molecule has 3 aromatic heterocycles. The summed E-state index contributed by atoms with van der Waals surface area (Å²) in [6, 6.07) is 2.99. The number of hydrogen-bond donors (Lipinski definition) is 0. The van der Waals surface area contributed by atoms with Crippen LogP contribution in [0.3, 0.4) is 0 Å². The quantitative estimate of drug-likeness (QED) is 0.563. The van der Waals surface area contributed by atoms with Crippen LogP contribution in [0.2, 0.25) is 0 Å². The van der Waals surface area contributed by atoms with Crippen LogP contribution >= 0.6 is 0 Å². The maximum absolute atomic E-state index is 13.4. The highest BCUT2D eigenvalue weighted by molar-refractivity contribution is 5.71. The van der Waals surface area contributed by atoms with Crippen LogP contribution in [0.5, 0.6) is 0 Å². The number of anilines is 2. The van der Waals surface area contributed by atoms with Gasteiger partial charge in [0, 0.05) is 37.8 Å².